The molecule has 0 aliphatic carbocycles. The zero-order chi connectivity index (χ0) is 17.3. The Bertz CT molecular complexity index is 962. The zero-order valence-corrected chi connectivity index (χ0v) is 13.9. The predicted octanol–water partition coefficient (Wildman–Crippen LogP) is 3.66. The first kappa shape index (κ1) is 16.2. The Labute approximate surface area is 139 Å². The van der Waals surface area contributed by atoms with Gasteiger partial charge < -0.3 is 9.73 Å². The van der Waals surface area contributed by atoms with E-state index in [0.29, 0.717) is 5.56 Å². The molecule has 124 valence electrons. The van der Waals surface area contributed by atoms with Gasteiger partial charge in [-0.05, 0) is 43.3 Å². The minimum atomic E-state index is -3.93. The number of anilines is 1. The molecule has 0 unspecified atom stereocenters. The fraction of sp³-hybridized carbons (Fsp3) is 0.118. The van der Waals surface area contributed by atoms with Gasteiger partial charge in [0.2, 0.25) is 26.6 Å². The second kappa shape index (κ2) is 6.09. The lowest BCUT2D eigenvalue weighted by Gasteiger charge is -2.02. The van der Waals surface area contributed by atoms with E-state index in [1.54, 1.807) is 19.2 Å². The molecular formula is C17H15FN2O3S. The van der Waals surface area contributed by atoms with Crippen molar-refractivity contribution in [1.82, 2.24) is 4.98 Å². The van der Waals surface area contributed by atoms with Crippen molar-refractivity contribution in [2.45, 2.75) is 16.8 Å². The van der Waals surface area contributed by atoms with Gasteiger partial charge in [-0.3, -0.25) is 0 Å². The first-order chi connectivity index (χ1) is 11.4. The number of rotatable bonds is 4. The van der Waals surface area contributed by atoms with E-state index < -0.39 is 15.7 Å². The maximum Gasteiger partial charge on any atom is 0.233 e. The Morgan fingerprint density at radius 3 is 2.25 bits per heavy atom. The van der Waals surface area contributed by atoms with Crippen LogP contribution in [0.3, 0.4) is 0 Å². The van der Waals surface area contributed by atoms with E-state index in [9.17, 15) is 12.8 Å². The standard InChI is InChI=1S/C17H15FN2O3S/c1-11-3-5-12(6-4-11)15-20-17(16(19-2)23-15)24(21,22)14-9-7-13(18)8-10-14/h3-10,19H,1-2H3. The molecule has 3 aromatic rings. The predicted molar refractivity (Wildman–Crippen MR) is 88.1 cm³/mol. The van der Waals surface area contributed by atoms with Gasteiger partial charge in [0.1, 0.15) is 5.82 Å². The molecule has 0 fully saturated rings. The van der Waals surface area contributed by atoms with E-state index >= 15 is 0 Å². The monoisotopic (exact) mass is 346 g/mol. The molecule has 0 amide bonds. The topological polar surface area (TPSA) is 72.2 Å². The third-order valence-electron chi connectivity index (χ3n) is 3.50. The van der Waals surface area contributed by atoms with E-state index in [2.05, 4.69) is 10.3 Å². The molecular weight excluding hydrogens is 331 g/mol. The Hall–Kier alpha value is -2.67. The van der Waals surface area contributed by atoms with Crippen LogP contribution in [0.25, 0.3) is 11.5 Å². The van der Waals surface area contributed by atoms with Gasteiger partial charge in [-0.2, -0.15) is 4.98 Å². The highest BCUT2D eigenvalue weighted by molar-refractivity contribution is 7.91. The molecule has 1 N–H and O–H groups in total. The highest BCUT2D eigenvalue weighted by atomic mass is 32.2. The molecule has 0 radical (unpaired) electrons. The number of aromatic nitrogens is 1. The second-order valence-electron chi connectivity index (χ2n) is 5.23. The van der Waals surface area contributed by atoms with Crippen molar-refractivity contribution in [3.63, 3.8) is 0 Å². The number of nitrogens with zero attached hydrogens (tertiary/aromatic N) is 1. The number of aryl methyl sites for hydroxylation is 1. The van der Waals surface area contributed by atoms with Crippen LogP contribution < -0.4 is 5.32 Å². The first-order valence-corrected chi connectivity index (χ1v) is 8.66. The smallest absolute Gasteiger partial charge is 0.233 e. The highest BCUT2D eigenvalue weighted by Gasteiger charge is 2.28. The molecule has 0 saturated carbocycles. The lowest BCUT2D eigenvalue weighted by atomic mass is 10.1. The minimum Gasteiger partial charge on any atom is -0.419 e. The van der Waals surface area contributed by atoms with Gasteiger partial charge in [0.15, 0.2) is 0 Å². The van der Waals surface area contributed by atoms with Crippen LogP contribution in [0.4, 0.5) is 10.3 Å². The van der Waals surface area contributed by atoms with Gasteiger partial charge in [0.05, 0.1) is 4.90 Å². The number of halogens is 1. The van der Waals surface area contributed by atoms with Crippen molar-refractivity contribution >= 4 is 15.7 Å². The fourth-order valence-electron chi connectivity index (χ4n) is 2.19. The molecule has 0 bridgehead atoms. The Kier molecular flexibility index (Phi) is 4.11. The largest absolute Gasteiger partial charge is 0.419 e. The van der Waals surface area contributed by atoms with E-state index in [4.69, 9.17) is 4.42 Å². The highest BCUT2D eigenvalue weighted by Crippen LogP contribution is 2.32. The third-order valence-corrected chi connectivity index (χ3v) is 5.18. The summed E-state index contributed by atoms with van der Waals surface area (Å²) < 4.78 is 44.1. The van der Waals surface area contributed by atoms with Crippen LogP contribution in [0.5, 0.6) is 0 Å². The molecule has 1 aromatic heterocycles. The Morgan fingerprint density at radius 2 is 1.67 bits per heavy atom. The molecule has 0 aliphatic heterocycles. The van der Waals surface area contributed by atoms with Gasteiger partial charge in [0, 0.05) is 12.6 Å². The Balaban J connectivity index is 2.10. The molecule has 0 aliphatic rings. The van der Waals surface area contributed by atoms with Crippen LogP contribution in [0.1, 0.15) is 5.56 Å². The van der Waals surface area contributed by atoms with Crippen molar-refractivity contribution in [1.29, 1.82) is 0 Å². The molecule has 2 aromatic carbocycles. The summed E-state index contributed by atoms with van der Waals surface area (Å²) in [4.78, 5) is 4.09. The van der Waals surface area contributed by atoms with E-state index in [1.165, 1.54) is 12.1 Å². The summed E-state index contributed by atoms with van der Waals surface area (Å²) in [6.07, 6.45) is 0. The average molecular weight is 346 g/mol. The zero-order valence-electron chi connectivity index (χ0n) is 13.1. The van der Waals surface area contributed by atoms with Gasteiger partial charge in [0.25, 0.3) is 0 Å². The number of hydrogen-bond donors (Lipinski definition) is 1. The molecule has 0 saturated heterocycles. The Morgan fingerprint density at radius 1 is 1.04 bits per heavy atom. The van der Waals surface area contributed by atoms with Gasteiger partial charge in [-0.1, -0.05) is 17.7 Å². The van der Waals surface area contributed by atoms with Crippen LogP contribution in [-0.4, -0.2) is 20.4 Å². The van der Waals surface area contributed by atoms with E-state index in [-0.39, 0.29) is 21.7 Å². The van der Waals surface area contributed by atoms with Crippen molar-refractivity contribution in [3.05, 3.63) is 59.9 Å². The van der Waals surface area contributed by atoms with Crippen molar-refractivity contribution < 1.29 is 17.2 Å². The molecule has 0 spiro atoms. The maximum absolute atomic E-state index is 13.0. The summed E-state index contributed by atoms with van der Waals surface area (Å²) in [6, 6.07) is 11.9. The van der Waals surface area contributed by atoms with Crippen LogP contribution >= 0.6 is 0 Å². The van der Waals surface area contributed by atoms with Crippen LogP contribution in [0.2, 0.25) is 0 Å². The third kappa shape index (κ3) is 2.90. The molecule has 24 heavy (non-hydrogen) atoms. The second-order valence-corrected chi connectivity index (χ2v) is 7.09. The number of hydrogen-bond acceptors (Lipinski definition) is 5. The molecule has 3 rings (SSSR count). The fourth-order valence-corrected chi connectivity index (χ4v) is 3.50. The van der Waals surface area contributed by atoms with E-state index in [0.717, 1.165) is 17.7 Å². The summed E-state index contributed by atoms with van der Waals surface area (Å²) in [6.45, 7) is 1.95. The van der Waals surface area contributed by atoms with Gasteiger partial charge in [-0.15, -0.1) is 0 Å². The minimum absolute atomic E-state index is 0.0369. The van der Waals surface area contributed by atoms with Gasteiger partial charge in [-0.25, -0.2) is 12.8 Å². The molecule has 7 heteroatoms. The quantitative estimate of drug-likeness (QED) is 0.730. The first-order valence-electron chi connectivity index (χ1n) is 7.18. The average Bonchev–Trinajstić information content (AvgIpc) is 3.01. The van der Waals surface area contributed by atoms with Crippen LogP contribution in [0.15, 0.2) is 62.9 Å². The van der Waals surface area contributed by atoms with Crippen LogP contribution in [-0.2, 0) is 9.84 Å². The SMILES string of the molecule is CNc1oc(-c2ccc(C)cc2)nc1S(=O)(=O)c1ccc(F)cc1. The molecule has 0 atom stereocenters. The van der Waals surface area contributed by atoms with Crippen molar-refractivity contribution in [2.75, 3.05) is 12.4 Å². The summed E-state index contributed by atoms with van der Waals surface area (Å²) in [5.74, 6) is -0.279. The summed E-state index contributed by atoms with van der Waals surface area (Å²) in [5.41, 5.74) is 1.73. The number of nitrogens with one attached hydrogen (secondary N) is 1. The lowest BCUT2D eigenvalue weighted by Crippen LogP contribution is -2.05. The van der Waals surface area contributed by atoms with Crippen molar-refractivity contribution in [2.24, 2.45) is 0 Å². The normalized spacial score (nSPS) is 11.5. The molecule has 5 nitrogen and oxygen atoms in total. The number of oxazole rings is 1. The summed E-state index contributed by atoms with van der Waals surface area (Å²) >= 11 is 0. The van der Waals surface area contributed by atoms with E-state index in [1.807, 2.05) is 19.1 Å². The van der Waals surface area contributed by atoms with Crippen molar-refractivity contribution in [3.8, 4) is 11.5 Å². The lowest BCUT2D eigenvalue weighted by molar-refractivity contribution is 0.580. The number of sulfone groups is 1. The number of benzene rings is 2. The maximum atomic E-state index is 13.0. The van der Waals surface area contributed by atoms with Gasteiger partial charge >= 0.3 is 0 Å². The summed E-state index contributed by atoms with van der Waals surface area (Å²) in [7, 11) is -2.38. The van der Waals surface area contributed by atoms with Crippen LogP contribution in [0, 0.1) is 12.7 Å². The summed E-state index contributed by atoms with van der Waals surface area (Å²) in [5, 5.41) is 2.47. The molecule has 1 heterocycles.